The van der Waals surface area contributed by atoms with E-state index < -0.39 is 12.2 Å². The van der Waals surface area contributed by atoms with E-state index in [-0.39, 0.29) is 5.57 Å². The normalized spacial score (nSPS) is 14.5. The molecule has 0 amide bonds. The van der Waals surface area contributed by atoms with E-state index in [0.29, 0.717) is 6.42 Å². The van der Waals surface area contributed by atoms with Gasteiger partial charge in [0.2, 0.25) is 0 Å². The molecule has 0 aromatic rings. The van der Waals surface area contributed by atoms with Gasteiger partial charge in [0.1, 0.15) is 6.23 Å². The van der Waals surface area contributed by atoms with Crippen molar-refractivity contribution in [3.05, 3.63) is 11.6 Å². The summed E-state index contributed by atoms with van der Waals surface area (Å²) in [6, 6.07) is 0. The largest absolute Gasteiger partial charge is 0.478 e. The fraction of sp³-hybridized carbons (Fsp3) is 0.700. The third kappa shape index (κ3) is 4.39. The van der Waals surface area contributed by atoms with Crippen molar-refractivity contribution in [2.45, 2.75) is 33.4 Å². The van der Waals surface area contributed by atoms with Crippen molar-refractivity contribution in [2.24, 2.45) is 0 Å². The Morgan fingerprint density at radius 1 is 1.43 bits per heavy atom. The zero-order chi connectivity index (χ0) is 11.1. The molecule has 4 heteroatoms. The molecule has 0 saturated carbocycles. The molecular formula is C10H19NO3. The third-order valence-electron chi connectivity index (χ3n) is 2.21. The lowest BCUT2D eigenvalue weighted by Crippen LogP contribution is -2.34. The topological polar surface area (TPSA) is 60.8 Å². The molecule has 0 aliphatic heterocycles. The smallest absolute Gasteiger partial charge is 0.330 e. The van der Waals surface area contributed by atoms with Crippen LogP contribution in [0.5, 0.6) is 0 Å². The number of rotatable bonds is 6. The fourth-order valence-corrected chi connectivity index (χ4v) is 1.16. The summed E-state index contributed by atoms with van der Waals surface area (Å²) < 4.78 is 0. The van der Waals surface area contributed by atoms with Gasteiger partial charge in [-0.05, 0) is 20.0 Å². The SMILES string of the molecule is CCN(CC)C(O)CC=C(C)C(=O)O. The molecule has 0 spiro atoms. The molecular weight excluding hydrogens is 182 g/mol. The maximum atomic E-state index is 10.5. The highest BCUT2D eigenvalue weighted by Crippen LogP contribution is 2.04. The summed E-state index contributed by atoms with van der Waals surface area (Å²) in [6.07, 6.45) is 1.32. The Labute approximate surface area is 84.8 Å². The van der Waals surface area contributed by atoms with Crippen molar-refractivity contribution in [1.29, 1.82) is 0 Å². The Morgan fingerprint density at radius 2 is 1.93 bits per heavy atom. The van der Waals surface area contributed by atoms with Crippen LogP contribution in [0.2, 0.25) is 0 Å². The number of aliphatic carboxylic acids is 1. The highest BCUT2D eigenvalue weighted by Gasteiger charge is 2.10. The van der Waals surface area contributed by atoms with Crippen LogP contribution >= 0.6 is 0 Å². The van der Waals surface area contributed by atoms with E-state index in [1.807, 2.05) is 18.7 Å². The molecule has 0 radical (unpaired) electrons. The second-order valence-corrected chi connectivity index (χ2v) is 3.13. The third-order valence-corrected chi connectivity index (χ3v) is 2.21. The van der Waals surface area contributed by atoms with Gasteiger partial charge in [0, 0.05) is 12.0 Å². The van der Waals surface area contributed by atoms with Crippen LogP contribution in [0.25, 0.3) is 0 Å². The number of nitrogens with zero attached hydrogens (tertiary/aromatic N) is 1. The first kappa shape index (κ1) is 13.1. The van der Waals surface area contributed by atoms with Gasteiger partial charge in [0.05, 0.1) is 0 Å². The van der Waals surface area contributed by atoms with E-state index in [0.717, 1.165) is 13.1 Å². The molecule has 82 valence electrons. The first-order valence-electron chi connectivity index (χ1n) is 4.85. The Balaban J connectivity index is 4.12. The Bertz CT molecular complexity index is 209. The van der Waals surface area contributed by atoms with E-state index in [1.165, 1.54) is 6.92 Å². The van der Waals surface area contributed by atoms with Crippen LogP contribution in [-0.4, -0.2) is 40.4 Å². The molecule has 0 aromatic carbocycles. The maximum absolute atomic E-state index is 10.5. The average Bonchev–Trinajstić information content (AvgIpc) is 2.15. The minimum atomic E-state index is -0.934. The van der Waals surface area contributed by atoms with Crippen molar-refractivity contribution < 1.29 is 15.0 Å². The van der Waals surface area contributed by atoms with Gasteiger partial charge >= 0.3 is 5.97 Å². The van der Waals surface area contributed by atoms with Gasteiger partial charge in [0.25, 0.3) is 0 Å². The Kier molecular flexibility index (Phi) is 6.16. The summed E-state index contributed by atoms with van der Waals surface area (Å²) in [5, 5.41) is 18.2. The van der Waals surface area contributed by atoms with Gasteiger partial charge in [-0.1, -0.05) is 19.9 Å². The first-order valence-corrected chi connectivity index (χ1v) is 4.85. The fourth-order valence-electron chi connectivity index (χ4n) is 1.16. The van der Waals surface area contributed by atoms with Crippen molar-refractivity contribution in [1.82, 2.24) is 4.90 Å². The van der Waals surface area contributed by atoms with Gasteiger partial charge in [-0.2, -0.15) is 0 Å². The molecule has 0 aliphatic carbocycles. The summed E-state index contributed by atoms with van der Waals surface area (Å²) in [5.74, 6) is -0.934. The van der Waals surface area contributed by atoms with Gasteiger partial charge in [-0.15, -0.1) is 0 Å². The van der Waals surface area contributed by atoms with E-state index in [4.69, 9.17) is 5.11 Å². The van der Waals surface area contributed by atoms with Crippen LogP contribution in [0.4, 0.5) is 0 Å². The molecule has 0 saturated heterocycles. The summed E-state index contributed by atoms with van der Waals surface area (Å²) in [4.78, 5) is 12.3. The Morgan fingerprint density at radius 3 is 2.29 bits per heavy atom. The molecule has 0 rings (SSSR count). The molecule has 0 heterocycles. The van der Waals surface area contributed by atoms with E-state index in [1.54, 1.807) is 6.08 Å². The minimum absolute atomic E-state index is 0.274. The molecule has 1 unspecified atom stereocenters. The van der Waals surface area contributed by atoms with Gasteiger partial charge in [0.15, 0.2) is 0 Å². The number of aliphatic hydroxyl groups excluding tert-OH is 1. The van der Waals surface area contributed by atoms with Crippen LogP contribution in [0, 0.1) is 0 Å². The van der Waals surface area contributed by atoms with Gasteiger partial charge in [-0.3, -0.25) is 4.90 Å². The summed E-state index contributed by atoms with van der Waals surface area (Å²) in [5.41, 5.74) is 0.274. The van der Waals surface area contributed by atoms with E-state index in [2.05, 4.69) is 0 Å². The average molecular weight is 201 g/mol. The van der Waals surface area contributed by atoms with Crippen LogP contribution in [0.1, 0.15) is 27.2 Å². The van der Waals surface area contributed by atoms with Crippen LogP contribution in [-0.2, 0) is 4.79 Å². The zero-order valence-corrected chi connectivity index (χ0v) is 9.03. The number of hydrogen-bond donors (Lipinski definition) is 2. The minimum Gasteiger partial charge on any atom is -0.478 e. The summed E-state index contributed by atoms with van der Waals surface area (Å²) >= 11 is 0. The number of hydrogen-bond acceptors (Lipinski definition) is 3. The highest BCUT2D eigenvalue weighted by atomic mass is 16.4. The second kappa shape index (κ2) is 6.56. The van der Waals surface area contributed by atoms with E-state index >= 15 is 0 Å². The molecule has 14 heavy (non-hydrogen) atoms. The van der Waals surface area contributed by atoms with Crippen molar-refractivity contribution >= 4 is 5.97 Å². The number of carbonyl (C=O) groups is 1. The highest BCUT2D eigenvalue weighted by molar-refractivity contribution is 5.85. The number of aliphatic hydroxyl groups is 1. The zero-order valence-electron chi connectivity index (χ0n) is 9.03. The lowest BCUT2D eigenvalue weighted by Gasteiger charge is -2.23. The van der Waals surface area contributed by atoms with Crippen molar-refractivity contribution in [3.63, 3.8) is 0 Å². The number of carboxylic acids is 1. The van der Waals surface area contributed by atoms with Crippen LogP contribution < -0.4 is 0 Å². The van der Waals surface area contributed by atoms with Crippen LogP contribution in [0.3, 0.4) is 0 Å². The molecule has 0 bridgehead atoms. The Hall–Kier alpha value is -0.870. The predicted octanol–water partition coefficient (Wildman–Crippen LogP) is 1.07. The van der Waals surface area contributed by atoms with Crippen LogP contribution in [0.15, 0.2) is 11.6 Å². The molecule has 0 aromatic heterocycles. The standard InChI is InChI=1S/C10H19NO3/c1-4-11(5-2)9(12)7-6-8(3)10(13)14/h6,9,12H,4-5,7H2,1-3H3,(H,13,14). The number of carboxylic acid groups (broad SMARTS) is 1. The molecule has 2 N–H and O–H groups in total. The van der Waals surface area contributed by atoms with Gasteiger partial charge < -0.3 is 10.2 Å². The second-order valence-electron chi connectivity index (χ2n) is 3.13. The lowest BCUT2D eigenvalue weighted by molar-refractivity contribution is -0.132. The van der Waals surface area contributed by atoms with Crippen molar-refractivity contribution in [2.75, 3.05) is 13.1 Å². The quantitative estimate of drug-likeness (QED) is 0.498. The monoisotopic (exact) mass is 201 g/mol. The van der Waals surface area contributed by atoms with Crippen molar-refractivity contribution in [3.8, 4) is 0 Å². The van der Waals surface area contributed by atoms with Gasteiger partial charge in [-0.25, -0.2) is 4.79 Å². The first-order chi connectivity index (χ1) is 6.52. The molecule has 0 aliphatic rings. The summed E-state index contributed by atoms with van der Waals surface area (Å²) in [6.45, 7) is 6.97. The molecule has 4 nitrogen and oxygen atoms in total. The maximum Gasteiger partial charge on any atom is 0.330 e. The molecule has 1 atom stereocenters. The lowest BCUT2D eigenvalue weighted by atomic mass is 10.2. The molecule has 0 fully saturated rings. The van der Waals surface area contributed by atoms with E-state index in [9.17, 15) is 9.90 Å². The summed E-state index contributed by atoms with van der Waals surface area (Å²) in [7, 11) is 0. The predicted molar refractivity (Wildman–Crippen MR) is 54.9 cm³/mol.